The molecule has 0 atom stereocenters. The molecule has 0 aromatic heterocycles. The molecule has 2 fully saturated rings. The van der Waals surface area contributed by atoms with Gasteiger partial charge in [0.1, 0.15) is 22.9 Å². The molecule has 1 aromatic rings. The summed E-state index contributed by atoms with van der Waals surface area (Å²) >= 11 is 0. The third-order valence-electron chi connectivity index (χ3n) is 4.49. The first kappa shape index (κ1) is 15.1. The van der Waals surface area contributed by atoms with Gasteiger partial charge in [-0.2, -0.15) is 0 Å². The summed E-state index contributed by atoms with van der Waals surface area (Å²) in [7, 11) is 0. The molecule has 2 aliphatic carbocycles. The summed E-state index contributed by atoms with van der Waals surface area (Å²) in [5.74, 6) is 0.0614. The molecule has 3 rings (SSSR count). The van der Waals surface area contributed by atoms with Gasteiger partial charge in [-0.15, -0.1) is 0 Å². The molecule has 2 aliphatic rings. The highest BCUT2D eigenvalue weighted by Crippen LogP contribution is 2.39. The highest BCUT2D eigenvalue weighted by atomic mass is 16.3. The fourth-order valence-corrected chi connectivity index (χ4v) is 3.22. The van der Waals surface area contributed by atoms with Gasteiger partial charge in [-0.3, -0.25) is 9.98 Å². The largest absolute Gasteiger partial charge is 0.506 e. The zero-order chi connectivity index (χ0) is 15.4. The smallest absolute Gasteiger partial charge is 0.145 e. The van der Waals surface area contributed by atoms with Gasteiger partial charge in [0.25, 0.3) is 0 Å². The summed E-state index contributed by atoms with van der Waals surface area (Å²) in [6.07, 6.45) is 11.2. The van der Waals surface area contributed by atoms with Gasteiger partial charge in [-0.05, 0) is 57.4 Å². The number of aliphatic imine (C=N–C) groups is 2. The second kappa shape index (κ2) is 6.95. The fourth-order valence-electron chi connectivity index (χ4n) is 3.22. The molecule has 0 unspecified atom stereocenters. The summed E-state index contributed by atoms with van der Waals surface area (Å²) in [5.41, 5.74) is 3.35. The van der Waals surface area contributed by atoms with Crippen molar-refractivity contribution in [3.05, 3.63) is 12.1 Å². The predicted octanol–water partition coefficient (Wildman–Crippen LogP) is 5.17. The topological polar surface area (TPSA) is 65.2 Å². The Morgan fingerprint density at radius 2 is 1.00 bits per heavy atom. The van der Waals surface area contributed by atoms with Crippen LogP contribution in [0.5, 0.6) is 11.5 Å². The standard InChI is InChI=1S/C18H24N2O2/c21-17-12-18(22)16(20-14-9-5-2-6-10-14)11-15(17)19-13-7-3-1-4-8-13/h11-12,21-22H,1-10H2. The van der Waals surface area contributed by atoms with E-state index in [0.29, 0.717) is 11.4 Å². The van der Waals surface area contributed by atoms with E-state index >= 15 is 0 Å². The average Bonchev–Trinajstić information content (AvgIpc) is 2.54. The minimum atomic E-state index is 0.0307. The number of phenols is 2. The SMILES string of the molecule is Oc1cc(O)c(N=C2CCCCC2)cc1N=C1CCCCC1. The lowest BCUT2D eigenvalue weighted by Gasteiger charge is -2.14. The van der Waals surface area contributed by atoms with Crippen LogP contribution in [0.4, 0.5) is 11.4 Å². The van der Waals surface area contributed by atoms with Gasteiger partial charge >= 0.3 is 0 Å². The van der Waals surface area contributed by atoms with E-state index in [2.05, 4.69) is 9.98 Å². The van der Waals surface area contributed by atoms with Crippen LogP contribution in [-0.4, -0.2) is 21.6 Å². The highest BCUT2D eigenvalue weighted by molar-refractivity contribution is 5.90. The van der Waals surface area contributed by atoms with Crippen molar-refractivity contribution in [2.75, 3.05) is 0 Å². The van der Waals surface area contributed by atoms with Crippen molar-refractivity contribution in [1.29, 1.82) is 0 Å². The van der Waals surface area contributed by atoms with Crippen molar-refractivity contribution in [2.24, 2.45) is 9.98 Å². The fraction of sp³-hybridized carbons (Fsp3) is 0.556. The first-order chi connectivity index (χ1) is 10.7. The molecule has 2 saturated carbocycles. The molecule has 4 heteroatoms. The molecule has 0 spiro atoms. The Morgan fingerprint density at radius 1 is 0.591 bits per heavy atom. The lowest BCUT2D eigenvalue weighted by Crippen LogP contribution is -2.04. The van der Waals surface area contributed by atoms with Crippen LogP contribution in [0.25, 0.3) is 0 Å². The van der Waals surface area contributed by atoms with Gasteiger partial charge in [0.05, 0.1) is 0 Å². The number of hydrogen-bond donors (Lipinski definition) is 2. The van der Waals surface area contributed by atoms with Crippen LogP contribution in [0.1, 0.15) is 64.2 Å². The van der Waals surface area contributed by atoms with Crippen molar-refractivity contribution < 1.29 is 10.2 Å². The van der Waals surface area contributed by atoms with Gasteiger partial charge in [-0.25, -0.2) is 0 Å². The molecule has 22 heavy (non-hydrogen) atoms. The second-order valence-corrected chi connectivity index (χ2v) is 6.31. The zero-order valence-electron chi connectivity index (χ0n) is 13.0. The minimum absolute atomic E-state index is 0.0307. The van der Waals surface area contributed by atoms with Crippen molar-refractivity contribution in [1.82, 2.24) is 0 Å². The van der Waals surface area contributed by atoms with E-state index in [1.807, 2.05) is 0 Å². The molecule has 0 amide bonds. The van der Waals surface area contributed by atoms with Gasteiger partial charge in [0.2, 0.25) is 0 Å². The lowest BCUT2D eigenvalue weighted by molar-refractivity contribution is 0.452. The van der Waals surface area contributed by atoms with Crippen LogP contribution < -0.4 is 0 Å². The Labute approximate surface area is 131 Å². The van der Waals surface area contributed by atoms with Crippen molar-refractivity contribution in [2.45, 2.75) is 64.2 Å². The third kappa shape index (κ3) is 3.67. The molecular formula is C18H24N2O2. The molecule has 0 bridgehead atoms. The van der Waals surface area contributed by atoms with E-state index in [0.717, 1.165) is 37.1 Å². The summed E-state index contributed by atoms with van der Waals surface area (Å²) in [5, 5.41) is 20.1. The predicted molar refractivity (Wildman–Crippen MR) is 90.1 cm³/mol. The molecule has 1 aromatic carbocycles. The number of phenolic OH excluding ortho intramolecular Hbond substituents is 2. The van der Waals surface area contributed by atoms with E-state index in [1.165, 1.54) is 44.6 Å². The molecule has 118 valence electrons. The average molecular weight is 300 g/mol. The van der Waals surface area contributed by atoms with Crippen LogP contribution in [0.2, 0.25) is 0 Å². The Balaban J connectivity index is 1.89. The van der Waals surface area contributed by atoms with Crippen LogP contribution in [-0.2, 0) is 0 Å². The monoisotopic (exact) mass is 300 g/mol. The maximum absolute atomic E-state index is 10.0. The van der Waals surface area contributed by atoms with E-state index in [9.17, 15) is 10.2 Å². The second-order valence-electron chi connectivity index (χ2n) is 6.31. The van der Waals surface area contributed by atoms with E-state index in [1.54, 1.807) is 6.07 Å². The first-order valence-corrected chi connectivity index (χ1v) is 8.41. The molecule has 4 nitrogen and oxygen atoms in total. The summed E-state index contributed by atoms with van der Waals surface area (Å²) < 4.78 is 0. The Hall–Kier alpha value is -1.84. The molecule has 2 N–H and O–H groups in total. The molecule has 0 radical (unpaired) electrons. The summed E-state index contributed by atoms with van der Waals surface area (Å²) in [4.78, 5) is 9.20. The highest BCUT2D eigenvalue weighted by Gasteiger charge is 2.13. The summed E-state index contributed by atoms with van der Waals surface area (Å²) in [6.45, 7) is 0. The van der Waals surface area contributed by atoms with Crippen LogP contribution in [0.3, 0.4) is 0 Å². The minimum Gasteiger partial charge on any atom is -0.506 e. The maximum Gasteiger partial charge on any atom is 0.145 e. The van der Waals surface area contributed by atoms with Gasteiger partial charge in [-0.1, -0.05) is 12.8 Å². The van der Waals surface area contributed by atoms with Crippen molar-refractivity contribution in [3.8, 4) is 11.5 Å². The van der Waals surface area contributed by atoms with E-state index in [4.69, 9.17) is 0 Å². The van der Waals surface area contributed by atoms with E-state index in [-0.39, 0.29) is 11.5 Å². The molecule has 0 heterocycles. The number of aromatic hydroxyl groups is 2. The first-order valence-electron chi connectivity index (χ1n) is 8.41. The van der Waals surface area contributed by atoms with Crippen LogP contribution in [0, 0.1) is 0 Å². The maximum atomic E-state index is 10.0. The summed E-state index contributed by atoms with van der Waals surface area (Å²) in [6, 6.07) is 3.08. The molecular weight excluding hydrogens is 276 g/mol. The number of benzene rings is 1. The van der Waals surface area contributed by atoms with E-state index < -0.39 is 0 Å². The Morgan fingerprint density at radius 3 is 1.41 bits per heavy atom. The Bertz CT molecular complexity index is 540. The van der Waals surface area contributed by atoms with Crippen molar-refractivity contribution >= 4 is 22.8 Å². The number of nitrogens with zero attached hydrogens (tertiary/aromatic N) is 2. The van der Waals surface area contributed by atoms with Gasteiger partial charge in [0, 0.05) is 17.5 Å². The number of hydrogen-bond acceptors (Lipinski definition) is 4. The normalized spacial score (nSPS) is 19.1. The van der Waals surface area contributed by atoms with Crippen LogP contribution >= 0.6 is 0 Å². The van der Waals surface area contributed by atoms with Gasteiger partial charge < -0.3 is 10.2 Å². The van der Waals surface area contributed by atoms with Crippen molar-refractivity contribution in [3.63, 3.8) is 0 Å². The zero-order valence-corrected chi connectivity index (χ0v) is 13.0. The lowest BCUT2D eigenvalue weighted by atomic mass is 9.98. The quantitative estimate of drug-likeness (QED) is 0.791. The molecule has 0 aliphatic heterocycles. The third-order valence-corrected chi connectivity index (χ3v) is 4.49. The van der Waals surface area contributed by atoms with Gasteiger partial charge in [0.15, 0.2) is 0 Å². The number of rotatable bonds is 2. The molecule has 0 saturated heterocycles. The Kier molecular flexibility index (Phi) is 4.76. The van der Waals surface area contributed by atoms with Crippen LogP contribution in [0.15, 0.2) is 22.1 Å².